The zero-order chi connectivity index (χ0) is 16.2. The molecule has 4 nitrogen and oxygen atoms in total. The van der Waals surface area contributed by atoms with E-state index in [0.717, 1.165) is 0 Å². The van der Waals surface area contributed by atoms with Gasteiger partial charge in [-0.3, -0.25) is 0 Å². The molecule has 2 rings (SSSR count). The Morgan fingerprint density at radius 2 is 1.86 bits per heavy atom. The van der Waals surface area contributed by atoms with Crippen LogP contribution in [0.1, 0.15) is 5.69 Å². The summed E-state index contributed by atoms with van der Waals surface area (Å²) < 4.78 is 46.7. The van der Waals surface area contributed by atoms with E-state index >= 15 is 0 Å². The van der Waals surface area contributed by atoms with Crippen LogP contribution in [0.15, 0.2) is 36.4 Å². The van der Waals surface area contributed by atoms with Crippen LogP contribution >= 0.6 is 0 Å². The topological polar surface area (TPSA) is 55.1 Å². The van der Waals surface area contributed by atoms with Crippen LogP contribution in [0.3, 0.4) is 0 Å². The van der Waals surface area contributed by atoms with Crippen molar-refractivity contribution in [2.24, 2.45) is 0 Å². The molecule has 1 heterocycles. The minimum atomic E-state index is -4.81. The van der Waals surface area contributed by atoms with Gasteiger partial charge in [0, 0.05) is 5.56 Å². The lowest BCUT2D eigenvalue weighted by atomic mass is 10.1. The first kappa shape index (κ1) is 15.6. The molecule has 0 amide bonds. The molecule has 1 aromatic heterocycles. The van der Waals surface area contributed by atoms with Gasteiger partial charge in [0.15, 0.2) is 0 Å². The van der Waals surface area contributed by atoms with Gasteiger partial charge in [-0.1, -0.05) is 12.1 Å². The number of ether oxygens (including phenoxy) is 2. The molecule has 1 aromatic carbocycles. The van der Waals surface area contributed by atoms with Gasteiger partial charge in [0.1, 0.15) is 17.2 Å². The lowest BCUT2D eigenvalue weighted by Gasteiger charge is -2.15. The van der Waals surface area contributed by atoms with Gasteiger partial charge in [-0.25, -0.2) is 4.98 Å². The van der Waals surface area contributed by atoms with E-state index in [0.29, 0.717) is 11.4 Å². The SMILES string of the molecule is COc1ccc(CC#N)nc1-c1ccccc1OC(F)(F)F. The smallest absolute Gasteiger partial charge is 0.494 e. The number of halogens is 3. The zero-order valence-electron chi connectivity index (χ0n) is 11.5. The Kier molecular flexibility index (Phi) is 4.51. The molecule has 0 aliphatic heterocycles. The Labute approximate surface area is 124 Å². The Balaban J connectivity index is 2.56. The average molecular weight is 308 g/mol. The molecule has 0 N–H and O–H groups in total. The summed E-state index contributed by atoms with van der Waals surface area (Å²) >= 11 is 0. The van der Waals surface area contributed by atoms with Crippen molar-refractivity contribution in [1.82, 2.24) is 4.98 Å². The standard InChI is InChI=1S/C15H11F3N2O2/c1-21-13-7-6-10(8-9-19)20-14(13)11-4-2-3-5-12(11)22-15(16,17)18/h2-7H,8H2,1H3. The molecule has 0 bridgehead atoms. The fraction of sp³-hybridized carbons (Fsp3) is 0.200. The fourth-order valence-electron chi connectivity index (χ4n) is 1.90. The van der Waals surface area contributed by atoms with Crippen molar-refractivity contribution in [3.63, 3.8) is 0 Å². The maximum Gasteiger partial charge on any atom is 0.573 e. The van der Waals surface area contributed by atoms with Gasteiger partial charge < -0.3 is 9.47 Å². The normalized spacial score (nSPS) is 10.9. The third kappa shape index (κ3) is 3.67. The van der Waals surface area contributed by atoms with E-state index in [1.165, 1.54) is 25.3 Å². The van der Waals surface area contributed by atoms with Gasteiger partial charge in [-0.05, 0) is 24.3 Å². The van der Waals surface area contributed by atoms with Gasteiger partial charge in [0.05, 0.1) is 25.3 Å². The number of nitriles is 1. The van der Waals surface area contributed by atoms with Crippen molar-refractivity contribution in [3.05, 3.63) is 42.1 Å². The first-order chi connectivity index (χ1) is 10.4. The highest BCUT2D eigenvalue weighted by molar-refractivity contribution is 5.72. The molecule has 0 unspecified atom stereocenters. The highest BCUT2D eigenvalue weighted by atomic mass is 19.4. The number of benzene rings is 1. The molecular weight excluding hydrogens is 297 g/mol. The summed E-state index contributed by atoms with van der Waals surface area (Å²) in [7, 11) is 1.39. The number of methoxy groups -OCH3 is 1. The maximum absolute atomic E-state index is 12.5. The predicted octanol–water partition coefficient (Wildman–Crippen LogP) is 3.72. The second kappa shape index (κ2) is 6.35. The Morgan fingerprint density at radius 3 is 2.50 bits per heavy atom. The number of nitrogens with zero attached hydrogens (tertiary/aromatic N) is 2. The van der Waals surface area contributed by atoms with Gasteiger partial charge in [0.25, 0.3) is 0 Å². The summed E-state index contributed by atoms with van der Waals surface area (Å²) in [6.07, 6.45) is -4.77. The minimum Gasteiger partial charge on any atom is -0.494 e. The summed E-state index contributed by atoms with van der Waals surface area (Å²) in [6.45, 7) is 0. The van der Waals surface area contributed by atoms with Crippen LogP contribution in [0.25, 0.3) is 11.3 Å². The molecule has 0 saturated carbocycles. The van der Waals surface area contributed by atoms with Crippen LogP contribution in [0, 0.1) is 11.3 Å². The lowest BCUT2D eigenvalue weighted by molar-refractivity contribution is -0.274. The van der Waals surface area contributed by atoms with E-state index in [9.17, 15) is 13.2 Å². The molecule has 0 spiro atoms. The number of hydrogen-bond donors (Lipinski definition) is 0. The average Bonchev–Trinajstić information content (AvgIpc) is 2.46. The number of aromatic nitrogens is 1. The molecule has 114 valence electrons. The highest BCUT2D eigenvalue weighted by Crippen LogP contribution is 2.37. The van der Waals surface area contributed by atoms with Crippen molar-refractivity contribution in [2.45, 2.75) is 12.8 Å². The Hall–Kier alpha value is -2.75. The second-order valence-electron chi connectivity index (χ2n) is 4.23. The van der Waals surface area contributed by atoms with Gasteiger partial charge in [0.2, 0.25) is 0 Å². The van der Waals surface area contributed by atoms with Crippen LogP contribution in [0.2, 0.25) is 0 Å². The zero-order valence-corrected chi connectivity index (χ0v) is 11.5. The molecule has 0 aliphatic rings. The number of alkyl halides is 3. The third-order valence-corrected chi connectivity index (χ3v) is 2.76. The molecule has 0 saturated heterocycles. The summed E-state index contributed by atoms with van der Waals surface area (Å²) in [6, 6.07) is 10.7. The summed E-state index contributed by atoms with van der Waals surface area (Å²) in [5.41, 5.74) is 0.756. The molecule has 0 radical (unpaired) electrons. The molecule has 2 aromatic rings. The monoisotopic (exact) mass is 308 g/mol. The number of rotatable bonds is 4. The van der Waals surface area contributed by atoms with E-state index in [2.05, 4.69) is 9.72 Å². The second-order valence-corrected chi connectivity index (χ2v) is 4.23. The van der Waals surface area contributed by atoms with E-state index in [1.807, 2.05) is 6.07 Å². The van der Waals surface area contributed by atoms with Crippen LogP contribution < -0.4 is 9.47 Å². The summed E-state index contributed by atoms with van der Waals surface area (Å²) in [4.78, 5) is 4.20. The van der Waals surface area contributed by atoms with E-state index < -0.39 is 6.36 Å². The highest BCUT2D eigenvalue weighted by Gasteiger charge is 2.32. The first-order valence-electron chi connectivity index (χ1n) is 6.20. The van der Waals surface area contributed by atoms with Crippen LogP contribution in [-0.2, 0) is 6.42 Å². The molecule has 0 atom stereocenters. The van der Waals surface area contributed by atoms with E-state index in [-0.39, 0.29) is 23.4 Å². The van der Waals surface area contributed by atoms with Crippen molar-refractivity contribution >= 4 is 0 Å². The maximum atomic E-state index is 12.5. The molecule has 22 heavy (non-hydrogen) atoms. The van der Waals surface area contributed by atoms with Crippen LogP contribution in [0.5, 0.6) is 11.5 Å². The van der Waals surface area contributed by atoms with Gasteiger partial charge in [-0.15, -0.1) is 13.2 Å². The molecule has 7 heteroatoms. The fourth-order valence-corrected chi connectivity index (χ4v) is 1.90. The quantitative estimate of drug-likeness (QED) is 0.863. The summed E-state index contributed by atoms with van der Waals surface area (Å²) in [5.74, 6) is -0.0881. The van der Waals surface area contributed by atoms with Crippen LogP contribution in [0.4, 0.5) is 13.2 Å². The molecular formula is C15H11F3N2O2. The third-order valence-electron chi connectivity index (χ3n) is 2.76. The molecule has 0 fully saturated rings. The Bertz CT molecular complexity index is 709. The summed E-state index contributed by atoms with van der Waals surface area (Å²) in [5, 5.41) is 8.72. The van der Waals surface area contributed by atoms with Gasteiger partial charge >= 0.3 is 6.36 Å². The van der Waals surface area contributed by atoms with Gasteiger partial charge in [-0.2, -0.15) is 5.26 Å². The van der Waals surface area contributed by atoms with Crippen molar-refractivity contribution in [3.8, 4) is 28.8 Å². The van der Waals surface area contributed by atoms with Crippen LogP contribution in [-0.4, -0.2) is 18.5 Å². The number of pyridine rings is 1. The lowest BCUT2D eigenvalue weighted by Crippen LogP contribution is -2.17. The first-order valence-corrected chi connectivity index (χ1v) is 6.20. The number of hydrogen-bond acceptors (Lipinski definition) is 4. The van der Waals surface area contributed by atoms with Crippen molar-refractivity contribution in [2.75, 3.05) is 7.11 Å². The number of para-hydroxylation sites is 1. The molecule has 0 aliphatic carbocycles. The largest absolute Gasteiger partial charge is 0.573 e. The van der Waals surface area contributed by atoms with Crippen molar-refractivity contribution in [1.29, 1.82) is 5.26 Å². The van der Waals surface area contributed by atoms with E-state index in [4.69, 9.17) is 10.00 Å². The van der Waals surface area contributed by atoms with Crippen molar-refractivity contribution < 1.29 is 22.6 Å². The Morgan fingerprint density at radius 1 is 1.14 bits per heavy atom. The minimum absolute atomic E-state index is 0.0410. The predicted molar refractivity (Wildman–Crippen MR) is 72.2 cm³/mol. The van der Waals surface area contributed by atoms with E-state index in [1.54, 1.807) is 18.2 Å².